The van der Waals surface area contributed by atoms with Gasteiger partial charge < -0.3 is 9.84 Å². The topological polar surface area (TPSA) is 32.3 Å². The molecule has 0 atom stereocenters. The predicted molar refractivity (Wildman–Crippen MR) is 83.2 cm³/mol. The minimum atomic E-state index is -0.195. The largest absolute Gasteiger partial charge is 0.869 e. The summed E-state index contributed by atoms with van der Waals surface area (Å²) in [6.45, 7) is 0. The Morgan fingerprint density at radius 3 is 2.17 bits per heavy atom. The monoisotopic (exact) mass is 497 g/mol. The van der Waals surface area contributed by atoms with Crippen LogP contribution in [0, 0.1) is 0 Å². The summed E-state index contributed by atoms with van der Waals surface area (Å²) < 4.78 is 8.46. The number of benzene rings is 2. The van der Waals surface area contributed by atoms with Gasteiger partial charge in [0.05, 0.1) is 4.47 Å². The average Bonchev–Trinajstić information content (AvgIpc) is 2.33. The summed E-state index contributed by atoms with van der Waals surface area (Å²) in [4.78, 5) is 0. The number of rotatable bonds is 2. The molecule has 6 heteroatoms. The van der Waals surface area contributed by atoms with Crippen molar-refractivity contribution in [1.82, 2.24) is 0 Å². The zero-order valence-corrected chi connectivity index (χ0v) is 15.1. The van der Waals surface area contributed by atoms with Gasteiger partial charge in [-0.2, -0.15) is 0 Å². The van der Waals surface area contributed by atoms with Crippen LogP contribution in [0.5, 0.6) is 17.2 Å². The quantitative estimate of drug-likeness (QED) is 0.537. The van der Waals surface area contributed by atoms with Crippen molar-refractivity contribution >= 4 is 63.7 Å². The van der Waals surface area contributed by atoms with Crippen LogP contribution in [-0.4, -0.2) is 0 Å². The molecule has 0 heterocycles. The Kier molecular flexibility index (Phi) is 4.75. The highest BCUT2D eigenvalue weighted by atomic mass is 79.9. The summed E-state index contributed by atoms with van der Waals surface area (Å²) >= 11 is 13.2. The second-order valence-electron chi connectivity index (χ2n) is 3.37. The van der Waals surface area contributed by atoms with Gasteiger partial charge in [-0.15, -0.1) is 0 Å². The summed E-state index contributed by atoms with van der Waals surface area (Å²) in [5.41, 5.74) is 0. The van der Waals surface area contributed by atoms with Crippen LogP contribution in [0.15, 0.2) is 48.2 Å². The lowest BCUT2D eigenvalue weighted by molar-refractivity contribution is -0.271. The van der Waals surface area contributed by atoms with Crippen LogP contribution >= 0.6 is 63.7 Å². The molecule has 0 aliphatic heterocycles. The summed E-state index contributed by atoms with van der Waals surface area (Å²) in [5.74, 6) is 0.664. The van der Waals surface area contributed by atoms with Crippen molar-refractivity contribution in [2.45, 2.75) is 0 Å². The Hall–Kier alpha value is -0.0400. The van der Waals surface area contributed by atoms with Crippen molar-refractivity contribution in [3.8, 4) is 17.2 Å². The van der Waals surface area contributed by atoms with E-state index in [1.54, 1.807) is 18.2 Å². The molecular formula is C12H5Br4O2-. The highest BCUT2D eigenvalue weighted by Gasteiger charge is 2.07. The van der Waals surface area contributed by atoms with Crippen molar-refractivity contribution in [3.63, 3.8) is 0 Å². The molecule has 18 heavy (non-hydrogen) atoms. The van der Waals surface area contributed by atoms with Gasteiger partial charge in [-0.3, -0.25) is 0 Å². The van der Waals surface area contributed by atoms with Crippen LogP contribution in [-0.2, 0) is 0 Å². The molecule has 0 N–H and O–H groups in total. The predicted octanol–water partition coefficient (Wildman–Crippen LogP) is 5.60. The molecule has 0 unspecified atom stereocenters. The summed E-state index contributed by atoms with van der Waals surface area (Å²) in [5, 5.41) is 11.9. The van der Waals surface area contributed by atoms with E-state index in [4.69, 9.17) is 4.74 Å². The lowest BCUT2D eigenvalue weighted by atomic mass is 10.3. The van der Waals surface area contributed by atoms with E-state index in [9.17, 15) is 5.11 Å². The van der Waals surface area contributed by atoms with E-state index in [0.717, 1.165) is 8.95 Å². The van der Waals surface area contributed by atoms with Crippen LogP contribution in [0.1, 0.15) is 0 Å². The van der Waals surface area contributed by atoms with Crippen molar-refractivity contribution in [1.29, 1.82) is 0 Å². The highest BCUT2D eigenvalue weighted by molar-refractivity contribution is 9.13. The third kappa shape index (κ3) is 3.10. The average molecular weight is 501 g/mol. The molecule has 0 aliphatic rings. The van der Waals surface area contributed by atoms with Crippen molar-refractivity contribution in [2.24, 2.45) is 0 Å². The Labute approximate surface area is 138 Å². The number of hydrogen-bond acceptors (Lipinski definition) is 2. The van der Waals surface area contributed by atoms with E-state index in [1.165, 1.54) is 0 Å². The van der Waals surface area contributed by atoms with Crippen molar-refractivity contribution < 1.29 is 9.84 Å². The Balaban J connectivity index is 2.37. The van der Waals surface area contributed by atoms with Crippen LogP contribution in [0.3, 0.4) is 0 Å². The van der Waals surface area contributed by atoms with Gasteiger partial charge in [0.1, 0.15) is 11.5 Å². The molecule has 0 saturated heterocycles. The first-order chi connectivity index (χ1) is 8.49. The zero-order chi connectivity index (χ0) is 13.3. The molecule has 2 nitrogen and oxygen atoms in total. The fraction of sp³-hybridized carbons (Fsp3) is 0. The first-order valence-corrected chi connectivity index (χ1v) is 7.94. The molecule has 94 valence electrons. The SMILES string of the molecule is [O-]c1c(Oc2ccc(Br)cc2Br)ccc(Br)c1Br. The lowest BCUT2D eigenvalue weighted by Gasteiger charge is -2.17. The van der Waals surface area contributed by atoms with Crippen LogP contribution < -0.4 is 9.84 Å². The minimum absolute atomic E-state index is 0.195. The van der Waals surface area contributed by atoms with Gasteiger partial charge in [0.15, 0.2) is 0 Å². The molecule has 2 aromatic rings. The number of halogens is 4. The fourth-order valence-corrected chi connectivity index (χ4v) is 3.04. The summed E-state index contributed by atoms with van der Waals surface area (Å²) in [6, 6.07) is 8.87. The normalized spacial score (nSPS) is 10.4. The molecule has 0 saturated carbocycles. The van der Waals surface area contributed by atoms with Gasteiger partial charge in [0.25, 0.3) is 0 Å². The minimum Gasteiger partial charge on any atom is -0.869 e. The highest BCUT2D eigenvalue weighted by Crippen LogP contribution is 2.40. The third-order valence-electron chi connectivity index (χ3n) is 2.13. The smallest absolute Gasteiger partial charge is 0.141 e. The molecule has 2 aromatic carbocycles. The van der Waals surface area contributed by atoms with Crippen molar-refractivity contribution in [2.75, 3.05) is 0 Å². The Bertz CT molecular complexity index is 599. The van der Waals surface area contributed by atoms with Gasteiger partial charge in [0, 0.05) is 13.4 Å². The van der Waals surface area contributed by atoms with Crippen LogP contribution in [0.2, 0.25) is 0 Å². The van der Waals surface area contributed by atoms with Gasteiger partial charge in [-0.1, -0.05) is 31.9 Å². The van der Waals surface area contributed by atoms with Crippen LogP contribution in [0.25, 0.3) is 0 Å². The van der Waals surface area contributed by atoms with Gasteiger partial charge in [0.2, 0.25) is 0 Å². The molecule has 0 fully saturated rings. The Morgan fingerprint density at radius 2 is 1.50 bits per heavy atom. The molecular weight excluding hydrogens is 496 g/mol. The van der Waals surface area contributed by atoms with E-state index in [-0.39, 0.29) is 11.5 Å². The van der Waals surface area contributed by atoms with Crippen molar-refractivity contribution in [3.05, 3.63) is 48.2 Å². The first kappa shape index (κ1) is 14.4. The zero-order valence-electron chi connectivity index (χ0n) is 8.72. The second-order valence-corrected chi connectivity index (χ2v) is 6.78. The van der Waals surface area contributed by atoms with Gasteiger partial charge in [-0.05, 0) is 67.9 Å². The van der Waals surface area contributed by atoms with Crippen LogP contribution in [0.4, 0.5) is 0 Å². The van der Waals surface area contributed by atoms with E-state index >= 15 is 0 Å². The Morgan fingerprint density at radius 1 is 0.833 bits per heavy atom. The lowest BCUT2D eigenvalue weighted by Crippen LogP contribution is -1.96. The maximum Gasteiger partial charge on any atom is 0.141 e. The summed E-state index contributed by atoms with van der Waals surface area (Å²) in [6.07, 6.45) is 0. The summed E-state index contributed by atoms with van der Waals surface area (Å²) in [7, 11) is 0. The molecule has 0 aliphatic carbocycles. The molecule has 0 spiro atoms. The molecule has 0 bridgehead atoms. The standard InChI is InChI=1S/C12H6Br4O2/c13-6-1-3-9(8(15)5-6)18-10-4-2-7(14)11(16)12(10)17/h1-5,17H/p-1. The molecule has 0 radical (unpaired) electrons. The molecule has 0 amide bonds. The fourth-order valence-electron chi connectivity index (χ4n) is 1.27. The molecule has 0 aromatic heterocycles. The van der Waals surface area contributed by atoms with E-state index < -0.39 is 0 Å². The first-order valence-electron chi connectivity index (χ1n) is 4.77. The maximum absolute atomic E-state index is 11.9. The molecule has 2 rings (SSSR count). The van der Waals surface area contributed by atoms with Gasteiger partial charge in [-0.25, -0.2) is 0 Å². The second kappa shape index (κ2) is 5.94. The van der Waals surface area contributed by atoms with Gasteiger partial charge >= 0.3 is 0 Å². The van der Waals surface area contributed by atoms with E-state index in [2.05, 4.69) is 63.7 Å². The van der Waals surface area contributed by atoms with E-state index in [0.29, 0.717) is 14.7 Å². The number of ether oxygens (including phenoxy) is 1. The van der Waals surface area contributed by atoms with E-state index in [1.807, 2.05) is 12.1 Å². The maximum atomic E-state index is 11.9. The number of hydrogen-bond donors (Lipinski definition) is 0. The third-order valence-corrected chi connectivity index (χ3v) is 5.22.